The van der Waals surface area contributed by atoms with Crippen molar-refractivity contribution in [1.82, 2.24) is 9.80 Å². The summed E-state index contributed by atoms with van der Waals surface area (Å²) in [7, 11) is 6.79. The minimum Gasteiger partial charge on any atom is -0.481 e. The van der Waals surface area contributed by atoms with Crippen LogP contribution in [-0.2, 0) is 19.2 Å². The molecule has 162 valence electrons. The molecule has 0 fully saturated rings. The van der Waals surface area contributed by atoms with E-state index in [2.05, 4.69) is 13.2 Å². The van der Waals surface area contributed by atoms with E-state index in [1.165, 1.54) is 17.9 Å². The molecule has 1 atom stereocenters. The van der Waals surface area contributed by atoms with Crippen molar-refractivity contribution in [1.29, 1.82) is 0 Å². The number of carbonyl (C=O) groups is 4. The molecule has 0 aromatic rings. The lowest BCUT2D eigenvalue weighted by atomic mass is 9.85. The van der Waals surface area contributed by atoms with Gasteiger partial charge in [-0.1, -0.05) is 20.1 Å². The summed E-state index contributed by atoms with van der Waals surface area (Å²) < 4.78 is 0. The van der Waals surface area contributed by atoms with E-state index < -0.39 is 17.4 Å². The Kier molecular flexibility index (Phi) is 15.5. The predicted octanol–water partition coefficient (Wildman–Crippen LogP) is 2.51. The number of aliphatic carboxylic acids is 2. The summed E-state index contributed by atoms with van der Waals surface area (Å²) in [5.41, 5.74) is -0.573. The van der Waals surface area contributed by atoms with Crippen LogP contribution < -0.4 is 0 Å². The molecule has 2 N–H and O–H groups in total. The lowest BCUT2D eigenvalue weighted by Crippen LogP contribution is -2.30. The van der Waals surface area contributed by atoms with Gasteiger partial charge in [0.2, 0.25) is 11.8 Å². The summed E-state index contributed by atoms with van der Waals surface area (Å²) in [5, 5.41) is 16.8. The molecule has 0 aromatic heterocycles. The third-order valence-corrected chi connectivity index (χ3v) is 3.62. The highest BCUT2D eigenvalue weighted by atomic mass is 16.4. The Bertz CT molecular complexity index is 553. The molecule has 1 unspecified atom stereocenters. The number of rotatable bonds is 7. The molecule has 0 aliphatic heterocycles. The Morgan fingerprint density at radius 1 is 1.04 bits per heavy atom. The molecule has 0 heterocycles. The fourth-order valence-electron chi connectivity index (χ4n) is 1.43. The average molecular weight is 401 g/mol. The molecule has 8 nitrogen and oxygen atoms in total. The van der Waals surface area contributed by atoms with Crippen LogP contribution in [0.2, 0.25) is 0 Å². The van der Waals surface area contributed by atoms with Gasteiger partial charge in [-0.2, -0.15) is 0 Å². The van der Waals surface area contributed by atoms with Gasteiger partial charge < -0.3 is 20.0 Å². The lowest BCUT2D eigenvalue weighted by Gasteiger charge is -2.22. The van der Waals surface area contributed by atoms with Crippen LogP contribution in [0.5, 0.6) is 0 Å². The maximum absolute atomic E-state index is 11.5. The van der Waals surface area contributed by atoms with Crippen molar-refractivity contribution < 1.29 is 29.4 Å². The van der Waals surface area contributed by atoms with Crippen molar-refractivity contribution in [2.75, 3.05) is 28.2 Å². The van der Waals surface area contributed by atoms with E-state index >= 15 is 0 Å². The van der Waals surface area contributed by atoms with Crippen LogP contribution in [0.3, 0.4) is 0 Å². The fraction of sp³-hybridized carbons (Fsp3) is 0.600. The standard InChI is InChI=1S/C11H21NO3.C5H9NO.C4H6O2/c1-8(9(13)12(4)5)6-7-11(2,3)10(14)15;1-4-5(7)6(2)3;1-3(2)4(5)6/h8H,6-7H2,1-5H3,(H,14,15);4H,1H2,2-3H3;1H2,2H3,(H,5,6). The van der Waals surface area contributed by atoms with Gasteiger partial charge in [0.05, 0.1) is 5.41 Å². The molecular formula is C20H36N2O6. The Labute approximate surface area is 168 Å². The third-order valence-electron chi connectivity index (χ3n) is 3.62. The van der Waals surface area contributed by atoms with Gasteiger partial charge in [-0.15, -0.1) is 0 Å². The minimum atomic E-state index is -0.935. The maximum Gasteiger partial charge on any atom is 0.330 e. The molecule has 28 heavy (non-hydrogen) atoms. The molecule has 0 saturated heterocycles. The molecule has 0 aliphatic carbocycles. The van der Waals surface area contributed by atoms with Crippen LogP contribution in [0.25, 0.3) is 0 Å². The molecule has 0 spiro atoms. The van der Waals surface area contributed by atoms with E-state index in [-0.39, 0.29) is 23.3 Å². The van der Waals surface area contributed by atoms with Crippen molar-refractivity contribution in [2.45, 2.75) is 40.5 Å². The molecule has 0 radical (unpaired) electrons. The SMILES string of the molecule is C=C(C)C(=O)O.C=CC(=O)N(C)C.CC(CCC(C)(C)C(=O)O)C(=O)N(C)C. The first-order chi connectivity index (χ1) is 12.5. The van der Waals surface area contributed by atoms with Crippen LogP contribution in [0.15, 0.2) is 24.8 Å². The van der Waals surface area contributed by atoms with E-state index in [9.17, 15) is 19.2 Å². The number of carboxylic acids is 2. The summed E-state index contributed by atoms with van der Waals surface area (Å²) >= 11 is 0. The van der Waals surface area contributed by atoms with E-state index in [1.807, 2.05) is 6.92 Å². The number of hydrogen-bond acceptors (Lipinski definition) is 4. The topological polar surface area (TPSA) is 115 Å². The molecule has 8 heteroatoms. The smallest absolute Gasteiger partial charge is 0.330 e. The summed E-state index contributed by atoms with van der Waals surface area (Å²) in [6, 6.07) is 0. The summed E-state index contributed by atoms with van der Waals surface area (Å²) in [6.07, 6.45) is 2.40. The number of nitrogens with zero attached hydrogens (tertiary/aromatic N) is 2. The van der Waals surface area contributed by atoms with Crippen molar-refractivity contribution >= 4 is 23.8 Å². The van der Waals surface area contributed by atoms with Gasteiger partial charge in [-0.05, 0) is 39.7 Å². The van der Waals surface area contributed by atoms with Crippen LogP contribution in [0.1, 0.15) is 40.5 Å². The number of carbonyl (C=O) groups excluding carboxylic acids is 2. The molecular weight excluding hydrogens is 364 g/mol. The minimum absolute atomic E-state index is 0.0520. The first-order valence-electron chi connectivity index (χ1n) is 8.68. The second kappa shape index (κ2) is 14.4. The Morgan fingerprint density at radius 2 is 1.43 bits per heavy atom. The largest absolute Gasteiger partial charge is 0.481 e. The molecule has 2 amide bonds. The van der Waals surface area contributed by atoms with Crippen LogP contribution in [0.4, 0.5) is 0 Å². The van der Waals surface area contributed by atoms with Crippen molar-refractivity contribution in [3.63, 3.8) is 0 Å². The third kappa shape index (κ3) is 15.6. The van der Waals surface area contributed by atoms with Gasteiger partial charge in [0.15, 0.2) is 0 Å². The fourth-order valence-corrected chi connectivity index (χ4v) is 1.43. The van der Waals surface area contributed by atoms with Crippen LogP contribution in [-0.4, -0.2) is 72.0 Å². The predicted molar refractivity (Wildman–Crippen MR) is 110 cm³/mol. The van der Waals surface area contributed by atoms with Crippen LogP contribution in [0, 0.1) is 11.3 Å². The van der Waals surface area contributed by atoms with Crippen molar-refractivity contribution in [2.24, 2.45) is 11.3 Å². The van der Waals surface area contributed by atoms with Crippen molar-refractivity contribution in [3.8, 4) is 0 Å². The van der Waals surface area contributed by atoms with Gasteiger partial charge >= 0.3 is 11.9 Å². The zero-order chi connectivity index (χ0) is 23.2. The maximum atomic E-state index is 11.5. The number of likely N-dealkylation sites (N-methyl/N-ethyl adjacent to an activating group) is 1. The zero-order valence-electron chi connectivity index (χ0n) is 18.4. The van der Waals surface area contributed by atoms with Gasteiger partial charge in [0, 0.05) is 39.7 Å². The highest BCUT2D eigenvalue weighted by Crippen LogP contribution is 2.25. The molecule has 0 aromatic carbocycles. The summed E-state index contributed by atoms with van der Waals surface area (Å²) in [6.45, 7) is 13.1. The Morgan fingerprint density at radius 3 is 1.61 bits per heavy atom. The molecule has 0 rings (SSSR count). The lowest BCUT2D eigenvalue weighted by molar-refractivity contribution is -0.148. The van der Waals surface area contributed by atoms with E-state index in [0.29, 0.717) is 12.8 Å². The molecule has 0 aliphatic rings. The number of carboxylic acid groups (broad SMARTS) is 2. The Hall–Kier alpha value is -2.64. The first-order valence-corrected chi connectivity index (χ1v) is 8.68. The second-order valence-electron chi connectivity index (χ2n) is 7.38. The highest BCUT2D eigenvalue weighted by molar-refractivity contribution is 5.86. The number of amides is 2. The quantitative estimate of drug-likeness (QED) is 0.635. The van der Waals surface area contributed by atoms with E-state index in [4.69, 9.17) is 10.2 Å². The highest BCUT2D eigenvalue weighted by Gasteiger charge is 2.28. The zero-order valence-corrected chi connectivity index (χ0v) is 18.4. The molecule has 0 bridgehead atoms. The second-order valence-corrected chi connectivity index (χ2v) is 7.38. The van der Waals surface area contributed by atoms with Gasteiger partial charge in [-0.3, -0.25) is 14.4 Å². The molecule has 0 saturated carbocycles. The Balaban J connectivity index is -0.000000397. The van der Waals surface area contributed by atoms with Gasteiger partial charge in [0.1, 0.15) is 0 Å². The van der Waals surface area contributed by atoms with E-state index in [0.717, 1.165) is 0 Å². The summed E-state index contributed by atoms with van der Waals surface area (Å²) in [5.74, 6) is -1.86. The first kappa shape index (κ1) is 30.1. The van der Waals surface area contributed by atoms with Gasteiger partial charge in [0.25, 0.3) is 0 Å². The monoisotopic (exact) mass is 400 g/mol. The van der Waals surface area contributed by atoms with Crippen molar-refractivity contribution in [3.05, 3.63) is 24.8 Å². The van der Waals surface area contributed by atoms with Gasteiger partial charge in [-0.25, -0.2) is 4.79 Å². The van der Waals surface area contributed by atoms with E-state index in [1.54, 1.807) is 46.9 Å². The summed E-state index contributed by atoms with van der Waals surface area (Å²) in [4.78, 5) is 45.3. The normalized spacial score (nSPS) is 10.7. The number of hydrogen-bond donors (Lipinski definition) is 2. The van der Waals surface area contributed by atoms with Crippen LogP contribution >= 0.6 is 0 Å². The average Bonchev–Trinajstić information content (AvgIpc) is 2.58.